The highest BCUT2D eigenvalue weighted by Gasteiger charge is 2.15. The Morgan fingerprint density at radius 3 is 2.34 bits per heavy atom. The van der Waals surface area contributed by atoms with Gasteiger partial charge in [0.05, 0.1) is 11.0 Å². The summed E-state index contributed by atoms with van der Waals surface area (Å²) < 4.78 is 13.1. The van der Waals surface area contributed by atoms with Crippen molar-refractivity contribution in [3.63, 3.8) is 0 Å². The number of nitrogens with zero attached hydrogens (tertiary/aromatic N) is 2. The topological polar surface area (TPSA) is 73.6 Å². The number of carbonyl (C=O) groups is 1. The summed E-state index contributed by atoms with van der Waals surface area (Å²) in [6, 6.07) is 24.6. The smallest absolute Gasteiger partial charge is 0.323 e. The van der Waals surface area contributed by atoms with Crippen molar-refractivity contribution in [2.24, 2.45) is 0 Å². The van der Waals surface area contributed by atoms with Crippen LogP contribution in [-0.2, 0) is 11.3 Å². The summed E-state index contributed by atoms with van der Waals surface area (Å²) in [6.07, 6.45) is 0. The number of carboxylic acid groups (broad SMARTS) is 1. The fourth-order valence-corrected chi connectivity index (χ4v) is 3.15. The Bertz CT molecular complexity index is 1120. The van der Waals surface area contributed by atoms with Gasteiger partial charge in [-0.25, -0.2) is 4.98 Å². The molecule has 0 bridgehead atoms. The lowest BCUT2D eigenvalue weighted by Gasteiger charge is -2.10. The molecule has 1 N–H and O–H groups in total. The molecule has 146 valence electrons. The highest BCUT2D eigenvalue weighted by molar-refractivity contribution is 5.83. The van der Waals surface area contributed by atoms with Crippen LogP contribution in [-0.4, -0.2) is 33.8 Å². The van der Waals surface area contributed by atoms with Gasteiger partial charge in [-0.1, -0.05) is 42.5 Å². The maximum atomic E-state index is 11.4. The number of hydrogen-bond donors (Lipinski definition) is 1. The van der Waals surface area contributed by atoms with Crippen molar-refractivity contribution < 1.29 is 19.4 Å². The first-order valence-electron chi connectivity index (χ1n) is 9.29. The van der Waals surface area contributed by atoms with Crippen LogP contribution in [0.1, 0.15) is 0 Å². The number of aliphatic carboxylic acids is 1. The molecule has 4 aromatic rings. The zero-order valence-electron chi connectivity index (χ0n) is 15.7. The van der Waals surface area contributed by atoms with Crippen LogP contribution in [0.3, 0.4) is 0 Å². The van der Waals surface area contributed by atoms with Crippen molar-refractivity contribution >= 4 is 17.0 Å². The molecule has 4 rings (SSSR count). The molecule has 29 heavy (non-hydrogen) atoms. The summed E-state index contributed by atoms with van der Waals surface area (Å²) in [6.45, 7) is 0.654. The molecule has 0 aliphatic heterocycles. The van der Waals surface area contributed by atoms with Gasteiger partial charge in [0.2, 0.25) is 0 Å². The molecule has 6 heteroatoms. The molecule has 0 radical (unpaired) electrons. The van der Waals surface area contributed by atoms with E-state index >= 15 is 0 Å². The molecule has 0 aliphatic rings. The van der Waals surface area contributed by atoms with E-state index in [1.165, 1.54) is 0 Å². The summed E-state index contributed by atoms with van der Waals surface area (Å²) in [5, 5.41) is 9.32. The van der Waals surface area contributed by atoms with E-state index in [0.717, 1.165) is 22.3 Å². The van der Waals surface area contributed by atoms with Crippen LogP contribution in [0.2, 0.25) is 0 Å². The fraction of sp³-hybridized carbons (Fsp3) is 0.130. The minimum atomic E-state index is -0.917. The van der Waals surface area contributed by atoms with Gasteiger partial charge in [-0.15, -0.1) is 0 Å². The molecule has 6 nitrogen and oxygen atoms in total. The summed E-state index contributed by atoms with van der Waals surface area (Å²) in [4.78, 5) is 16.0. The van der Waals surface area contributed by atoms with Crippen LogP contribution in [0.25, 0.3) is 22.4 Å². The van der Waals surface area contributed by atoms with Crippen LogP contribution in [0.5, 0.6) is 11.5 Å². The number of para-hydroxylation sites is 3. The first-order valence-corrected chi connectivity index (χ1v) is 9.29. The zero-order chi connectivity index (χ0) is 20.1. The molecule has 1 aromatic heterocycles. The summed E-state index contributed by atoms with van der Waals surface area (Å²) in [7, 11) is 0. The molecule has 3 aromatic carbocycles. The minimum Gasteiger partial charge on any atom is -0.490 e. The van der Waals surface area contributed by atoms with E-state index < -0.39 is 5.97 Å². The molecule has 0 spiro atoms. The summed E-state index contributed by atoms with van der Waals surface area (Å²) in [5.74, 6) is 1.15. The van der Waals surface area contributed by atoms with Crippen molar-refractivity contribution in [3.05, 3.63) is 78.9 Å². The number of aromatic nitrogens is 2. The number of carboxylic acids is 1. The first-order chi connectivity index (χ1) is 14.2. The maximum Gasteiger partial charge on any atom is 0.323 e. The fourth-order valence-electron chi connectivity index (χ4n) is 3.15. The third kappa shape index (κ3) is 4.38. The average Bonchev–Trinajstić information content (AvgIpc) is 3.10. The number of ether oxygens (including phenoxy) is 2. The van der Waals surface area contributed by atoms with Crippen molar-refractivity contribution in [1.29, 1.82) is 0 Å². The zero-order valence-corrected chi connectivity index (χ0v) is 15.7. The lowest BCUT2D eigenvalue weighted by molar-refractivity contribution is -0.137. The quantitative estimate of drug-likeness (QED) is 0.457. The van der Waals surface area contributed by atoms with E-state index in [2.05, 4.69) is 4.98 Å². The van der Waals surface area contributed by atoms with Gasteiger partial charge in [0.1, 0.15) is 37.1 Å². The predicted octanol–water partition coefficient (Wildman–Crippen LogP) is 4.25. The normalized spacial score (nSPS) is 10.8. The number of imidazole rings is 1. The molecule has 0 unspecified atom stereocenters. The maximum absolute atomic E-state index is 11.4. The Morgan fingerprint density at radius 1 is 0.862 bits per heavy atom. The van der Waals surface area contributed by atoms with Crippen LogP contribution in [0, 0.1) is 0 Å². The van der Waals surface area contributed by atoms with Crippen molar-refractivity contribution in [3.8, 4) is 22.9 Å². The van der Waals surface area contributed by atoms with E-state index in [9.17, 15) is 9.90 Å². The molecule has 0 atom stereocenters. The third-order valence-electron chi connectivity index (χ3n) is 4.40. The second-order valence-electron chi connectivity index (χ2n) is 6.44. The number of rotatable bonds is 8. The lowest BCUT2D eigenvalue weighted by atomic mass is 10.2. The van der Waals surface area contributed by atoms with Crippen molar-refractivity contribution in [2.45, 2.75) is 6.54 Å². The number of fused-ring (bicyclic) bond motifs is 1. The van der Waals surface area contributed by atoms with E-state index in [1.54, 1.807) is 4.57 Å². The van der Waals surface area contributed by atoms with Gasteiger partial charge in [-0.3, -0.25) is 4.79 Å². The molecule has 0 saturated carbocycles. The summed E-state index contributed by atoms with van der Waals surface area (Å²) >= 11 is 0. The molecular formula is C23H20N2O4. The Balaban J connectivity index is 1.52. The van der Waals surface area contributed by atoms with E-state index in [1.807, 2.05) is 78.9 Å². The average molecular weight is 388 g/mol. The van der Waals surface area contributed by atoms with Gasteiger partial charge in [-0.2, -0.15) is 0 Å². The molecule has 0 aliphatic carbocycles. The molecule has 0 saturated heterocycles. The summed E-state index contributed by atoms with van der Waals surface area (Å²) in [5.41, 5.74) is 2.34. The van der Waals surface area contributed by atoms with E-state index in [4.69, 9.17) is 9.47 Å². The Kier molecular flexibility index (Phi) is 5.42. The van der Waals surface area contributed by atoms with Gasteiger partial charge < -0.3 is 19.1 Å². The van der Waals surface area contributed by atoms with Gasteiger partial charge in [0.25, 0.3) is 0 Å². The largest absolute Gasteiger partial charge is 0.490 e. The van der Waals surface area contributed by atoms with Crippen molar-refractivity contribution in [2.75, 3.05) is 13.2 Å². The van der Waals surface area contributed by atoms with Gasteiger partial charge >= 0.3 is 5.97 Å². The molecule has 0 amide bonds. The van der Waals surface area contributed by atoms with Crippen molar-refractivity contribution in [1.82, 2.24) is 9.55 Å². The van der Waals surface area contributed by atoms with Crippen LogP contribution in [0.15, 0.2) is 78.9 Å². The van der Waals surface area contributed by atoms with E-state index in [-0.39, 0.29) is 6.54 Å². The SMILES string of the molecule is O=C(O)Cn1c(-c2cccc(OCCOc3ccccc3)c2)nc2ccccc21. The molecular weight excluding hydrogens is 368 g/mol. The van der Waals surface area contributed by atoms with Crippen LogP contribution < -0.4 is 9.47 Å². The monoisotopic (exact) mass is 388 g/mol. The highest BCUT2D eigenvalue weighted by atomic mass is 16.5. The first kappa shape index (κ1) is 18.6. The Labute approximate surface area is 168 Å². The van der Waals surface area contributed by atoms with Gasteiger partial charge in [0, 0.05) is 5.56 Å². The highest BCUT2D eigenvalue weighted by Crippen LogP contribution is 2.27. The molecule has 1 heterocycles. The molecule has 0 fully saturated rings. The number of benzene rings is 3. The van der Waals surface area contributed by atoms with Gasteiger partial charge in [-0.05, 0) is 36.4 Å². The standard InChI is InChI=1S/C23H20N2O4/c26-22(27)16-25-21-12-5-4-11-20(21)24-23(25)17-7-6-10-19(15-17)29-14-13-28-18-8-2-1-3-9-18/h1-12,15H,13-14,16H2,(H,26,27). The van der Waals surface area contributed by atoms with Gasteiger partial charge in [0.15, 0.2) is 0 Å². The minimum absolute atomic E-state index is 0.161. The van der Waals surface area contributed by atoms with Crippen LogP contribution >= 0.6 is 0 Å². The van der Waals surface area contributed by atoms with Crippen LogP contribution in [0.4, 0.5) is 0 Å². The van der Waals surface area contributed by atoms with E-state index in [0.29, 0.717) is 24.8 Å². The second kappa shape index (κ2) is 8.48. The Morgan fingerprint density at radius 2 is 1.55 bits per heavy atom. The lowest BCUT2D eigenvalue weighted by Crippen LogP contribution is -2.10. The Hall–Kier alpha value is -3.80. The third-order valence-corrected chi connectivity index (χ3v) is 4.40. The second-order valence-corrected chi connectivity index (χ2v) is 6.44. The predicted molar refractivity (Wildman–Crippen MR) is 110 cm³/mol. The number of hydrogen-bond acceptors (Lipinski definition) is 4.